The van der Waals surface area contributed by atoms with E-state index in [9.17, 15) is 13.2 Å². The molecule has 1 atom stereocenters. The van der Waals surface area contributed by atoms with Gasteiger partial charge in [0.1, 0.15) is 0 Å². The van der Waals surface area contributed by atoms with Crippen LogP contribution in [0.5, 0.6) is 5.75 Å². The molecule has 5 heteroatoms. The van der Waals surface area contributed by atoms with E-state index in [1.54, 1.807) is 18.3 Å². The zero-order valence-corrected chi connectivity index (χ0v) is 10.1. The average molecular weight is 257 g/mol. The number of rotatable bonds is 3. The van der Waals surface area contributed by atoms with Gasteiger partial charge in [-0.25, -0.2) is 0 Å². The highest BCUT2D eigenvalue weighted by atomic mass is 19.4. The number of fused-ring (bicyclic) bond motifs is 1. The monoisotopic (exact) mass is 257 g/mol. The van der Waals surface area contributed by atoms with Crippen molar-refractivity contribution in [3.63, 3.8) is 0 Å². The van der Waals surface area contributed by atoms with E-state index in [2.05, 4.69) is 9.72 Å². The van der Waals surface area contributed by atoms with Crippen LogP contribution in [0.4, 0.5) is 13.2 Å². The first-order valence-corrected chi connectivity index (χ1v) is 5.78. The zero-order chi connectivity index (χ0) is 13.3. The Morgan fingerprint density at radius 2 is 2.06 bits per heavy atom. The number of ether oxygens (including phenoxy) is 1. The number of H-pyrrole nitrogens is 1. The fraction of sp³-hybridized carbons (Fsp3) is 0.385. The smallest absolute Gasteiger partial charge is 0.404 e. The van der Waals surface area contributed by atoms with Gasteiger partial charge in [0.05, 0.1) is 5.52 Å². The van der Waals surface area contributed by atoms with Gasteiger partial charge in [0.25, 0.3) is 0 Å². The first-order chi connectivity index (χ1) is 8.42. The minimum atomic E-state index is -4.67. The van der Waals surface area contributed by atoms with E-state index >= 15 is 0 Å². The normalized spacial score (nSPS) is 13.8. The van der Waals surface area contributed by atoms with Crippen molar-refractivity contribution < 1.29 is 17.9 Å². The van der Waals surface area contributed by atoms with Crippen LogP contribution >= 0.6 is 0 Å². The molecule has 0 spiro atoms. The molecule has 0 aliphatic carbocycles. The van der Waals surface area contributed by atoms with Gasteiger partial charge in [-0.15, -0.1) is 13.2 Å². The van der Waals surface area contributed by atoms with Crippen molar-refractivity contribution in [3.8, 4) is 5.75 Å². The van der Waals surface area contributed by atoms with Crippen molar-refractivity contribution in [2.24, 2.45) is 0 Å². The summed E-state index contributed by atoms with van der Waals surface area (Å²) in [5.74, 6) is 0.106. The number of hydrogen-bond acceptors (Lipinski definition) is 1. The number of aromatic nitrogens is 1. The highest BCUT2D eigenvalue weighted by Gasteiger charge is 2.32. The van der Waals surface area contributed by atoms with Crippen LogP contribution in [0.3, 0.4) is 0 Å². The molecule has 0 aliphatic rings. The molecule has 18 heavy (non-hydrogen) atoms. The van der Waals surface area contributed by atoms with Crippen molar-refractivity contribution in [1.29, 1.82) is 0 Å². The number of hydrogen-bond donors (Lipinski definition) is 1. The number of alkyl halides is 3. The molecule has 1 heterocycles. The SMILES string of the molecule is CCC(C)c1c[nH]c2c(OC(F)(F)F)cccc12. The number of aromatic amines is 1. The van der Waals surface area contributed by atoms with Gasteiger partial charge in [0, 0.05) is 11.6 Å². The maximum atomic E-state index is 12.3. The predicted molar refractivity (Wildman–Crippen MR) is 63.7 cm³/mol. The number of nitrogens with one attached hydrogen (secondary N) is 1. The van der Waals surface area contributed by atoms with Crippen LogP contribution in [0.15, 0.2) is 24.4 Å². The summed E-state index contributed by atoms with van der Waals surface area (Å²) in [5.41, 5.74) is 1.41. The number of halogens is 3. The van der Waals surface area contributed by atoms with Gasteiger partial charge in [0.15, 0.2) is 5.75 Å². The quantitative estimate of drug-likeness (QED) is 0.855. The second-order valence-corrected chi connectivity index (χ2v) is 4.28. The summed E-state index contributed by atoms with van der Waals surface area (Å²) in [5, 5.41) is 0.783. The Kier molecular flexibility index (Phi) is 3.24. The lowest BCUT2D eigenvalue weighted by Crippen LogP contribution is -2.17. The van der Waals surface area contributed by atoms with E-state index in [0.29, 0.717) is 11.4 Å². The van der Waals surface area contributed by atoms with Gasteiger partial charge in [-0.1, -0.05) is 26.0 Å². The van der Waals surface area contributed by atoms with Crippen molar-refractivity contribution in [1.82, 2.24) is 4.98 Å². The summed E-state index contributed by atoms with van der Waals surface area (Å²) in [6.07, 6.45) is -1.99. The molecule has 98 valence electrons. The Hall–Kier alpha value is -1.65. The fourth-order valence-corrected chi connectivity index (χ4v) is 1.99. The molecule has 0 saturated carbocycles. The van der Waals surface area contributed by atoms with Gasteiger partial charge < -0.3 is 9.72 Å². The first kappa shape index (κ1) is 12.8. The van der Waals surface area contributed by atoms with E-state index in [0.717, 1.165) is 17.4 Å². The fourth-order valence-electron chi connectivity index (χ4n) is 1.99. The average Bonchev–Trinajstić information content (AvgIpc) is 2.71. The Morgan fingerprint density at radius 1 is 1.33 bits per heavy atom. The van der Waals surface area contributed by atoms with E-state index in [1.807, 2.05) is 13.8 Å². The first-order valence-electron chi connectivity index (χ1n) is 5.78. The summed E-state index contributed by atoms with van der Waals surface area (Å²) >= 11 is 0. The highest BCUT2D eigenvalue weighted by molar-refractivity contribution is 5.88. The Morgan fingerprint density at radius 3 is 2.67 bits per heavy atom. The van der Waals surface area contributed by atoms with Gasteiger partial charge in [-0.05, 0) is 24.0 Å². The van der Waals surface area contributed by atoms with Crippen LogP contribution in [0.1, 0.15) is 31.7 Å². The third-order valence-corrected chi connectivity index (χ3v) is 3.08. The van der Waals surface area contributed by atoms with Crippen molar-refractivity contribution >= 4 is 10.9 Å². The van der Waals surface area contributed by atoms with Gasteiger partial charge in [0.2, 0.25) is 0 Å². The summed E-state index contributed by atoms with van der Waals surface area (Å²) < 4.78 is 40.8. The predicted octanol–water partition coefficient (Wildman–Crippen LogP) is 4.58. The summed E-state index contributed by atoms with van der Waals surface area (Å²) in [6.45, 7) is 4.08. The maximum Gasteiger partial charge on any atom is 0.573 e. The van der Waals surface area contributed by atoms with E-state index in [-0.39, 0.29) is 5.75 Å². The van der Waals surface area contributed by atoms with Gasteiger partial charge >= 0.3 is 6.36 Å². The van der Waals surface area contributed by atoms with Crippen LogP contribution in [0.25, 0.3) is 10.9 Å². The standard InChI is InChI=1S/C13H14F3NO/c1-3-8(2)10-7-17-12-9(10)5-4-6-11(12)18-13(14,15)16/h4-8,17H,3H2,1-2H3. The Balaban J connectivity index is 2.49. The molecule has 0 saturated heterocycles. The molecule has 1 aromatic carbocycles. The van der Waals surface area contributed by atoms with Crippen LogP contribution < -0.4 is 4.74 Å². The molecule has 1 unspecified atom stereocenters. The van der Waals surface area contributed by atoms with Gasteiger partial charge in [-0.3, -0.25) is 0 Å². The van der Waals surface area contributed by atoms with Crippen LogP contribution in [0, 0.1) is 0 Å². The van der Waals surface area contributed by atoms with E-state index < -0.39 is 6.36 Å². The lowest BCUT2D eigenvalue weighted by atomic mass is 9.98. The third kappa shape index (κ3) is 2.44. The molecule has 2 nitrogen and oxygen atoms in total. The molecule has 2 aromatic rings. The molecule has 0 radical (unpaired) electrons. The van der Waals surface area contributed by atoms with Crippen LogP contribution in [-0.4, -0.2) is 11.3 Å². The number of benzene rings is 1. The molecular weight excluding hydrogens is 243 g/mol. The molecule has 0 amide bonds. The third-order valence-electron chi connectivity index (χ3n) is 3.08. The van der Waals surface area contributed by atoms with Crippen LogP contribution in [0.2, 0.25) is 0 Å². The largest absolute Gasteiger partial charge is 0.573 e. The van der Waals surface area contributed by atoms with Crippen molar-refractivity contribution in [3.05, 3.63) is 30.0 Å². The van der Waals surface area contributed by atoms with Gasteiger partial charge in [-0.2, -0.15) is 0 Å². The molecule has 0 aliphatic heterocycles. The molecule has 1 N–H and O–H groups in total. The van der Waals surface area contributed by atoms with Crippen LogP contribution in [-0.2, 0) is 0 Å². The number of para-hydroxylation sites is 1. The Labute approximate surface area is 103 Å². The zero-order valence-electron chi connectivity index (χ0n) is 10.1. The lowest BCUT2D eigenvalue weighted by molar-refractivity contribution is -0.274. The molecule has 0 bridgehead atoms. The molecule has 1 aromatic heterocycles. The molecule has 2 rings (SSSR count). The van der Waals surface area contributed by atoms with Crippen molar-refractivity contribution in [2.45, 2.75) is 32.5 Å². The van der Waals surface area contributed by atoms with E-state index in [4.69, 9.17) is 0 Å². The van der Waals surface area contributed by atoms with E-state index in [1.165, 1.54) is 6.07 Å². The topological polar surface area (TPSA) is 25.0 Å². The summed E-state index contributed by atoms with van der Waals surface area (Å²) in [7, 11) is 0. The molecular formula is C13H14F3NO. The molecule has 0 fully saturated rings. The second kappa shape index (κ2) is 4.55. The Bertz CT molecular complexity index is 545. The highest BCUT2D eigenvalue weighted by Crippen LogP contribution is 2.34. The second-order valence-electron chi connectivity index (χ2n) is 4.28. The maximum absolute atomic E-state index is 12.3. The minimum absolute atomic E-state index is 0.186. The lowest BCUT2D eigenvalue weighted by Gasteiger charge is -2.10. The minimum Gasteiger partial charge on any atom is -0.404 e. The summed E-state index contributed by atoms with van der Waals surface area (Å²) in [6, 6.07) is 4.69. The summed E-state index contributed by atoms with van der Waals surface area (Å²) in [4.78, 5) is 2.87. The van der Waals surface area contributed by atoms with Crippen molar-refractivity contribution in [2.75, 3.05) is 0 Å².